The number of anilines is 2. The smallest absolute Gasteiger partial charge is 0.158 e. The second-order valence-electron chi connectivity index (χ2n) is 5.75. The molecule has 3 N–H and O–H groups in total. The van der Waals surface area contributed by atoms with Crippen LogP contribution in [0.3, 0.4) is 0 Å². The molecule has 6 heteroatoms. The second kappa shape index (κ2) is 7.56. The Bertz CT molecular complexity index is 454. The second-order valence-corrected chi connectivity index (χ2v) is 5.75. The molecular formula is C15H27N5O. The lowest BCUT2D eigenvalue weighted by Gasteiger charge is -2.37. The predicted molar refractivity (Wildman–Crippen MR) is 85.0 cm³/mol. The van der Waals surface area contributed by atoms with Gasteiger partial charge in [0.25, 0.3) is 0 Å². The van der Waals surface area contributed by atoms with E-state index in [4.69, 9.17) is 10.6 Å². The maximum Gasteiger partial charge on any atom is 0.158 e. The normalized spacial score (nSPS) is 22.1. The average molecular weight is 293 g/mol. The van der Waals surface area contributed by atoms with Gasteiger partial charge in [-0.3, -0.25) is 0 Å². The van der Waals surface area contributed by atoms with Crippen LogP contribution in [0.5, 0.6) is 0 Å². The third kappa shape index (κ3) is 4.04. The molecule has 2 atom stereocenters. The minimum atomic E-state index is 0.410. The summed E-state index contributed by atoms with van der Waals surface area (Å²) in [4.78, 5) is 11.2. The first-order valence-corrected chi connectivity index (χ1v) is 7.80. The van der Waals surface area contributed by atoms with Crippen molar-refractivity contribution in [3.8, 4) is 0 Å². The lowest BCUT2D eigenvalue weighted by atomic mass is 9.85. The molecule has 0 bridgehead atoms. The Hall–Kier alpha value is -1.40. The maximum atomic E-state index is 5.52. The molecule has 1 aromatic rings. The summed E-state index contributed by atoms with van der Waals surface area (Å²) in [6, 6.07) is 2.43. The summed E-state index contributed by atoms with van der Waals surface area (Å²) in [5.41, 5.74) is 2.62. The van der Waals surface area contributed by atoms with Gasteiger partial charge in [0.15, 0.2) is 5.82 Å². The van der Waals surface area contributed by atoms with Crippen LogP contribution in [-0.4, -0.2) is 29.7 Å². The molecule has 0 spiro atoms. The molecule has 2 rings (SSSR count). The molecule has 0 saturated heterocycles. The molecule has 1 fully saturated rings. The molecule has 1 aliphatic carbocycles. The zero-order valence-corrected chi connectivity index (χ0v) is 13.3. The van der Waals surface area contributed by atoms with Gasteiger partial charge in [0.2, 0.25) is 0 Å². The SMILES string of the molecule is CCOCc1nc(NN)cc(N(C)C2CCCCC2C)n1. The van der Waals surface area contributed by atoms with Crippen LogP contribution in [-0.2, 0) is 11.3 Å². The molecule has 1 aromatic heterocycles. The zero-order valence-electron chi connectivity index (χ0n) is 13.3. The molecule has 1 heterocycles. The lowest BCUT2D eigenvalue weighted by Crippen LogP contribution is -2.39. The number of hydrogen-bond acceptors (Lipinski definition) is 6. The quantitative estimate of drug-likeness (QED) is 0.619. The molecule has 0 radical (unpaired) electrons. The average Bonchev–Trinajstić information content (AvgIpc) is 2.52. The van der Waals surface area contributed by atoms with Crippen LogP contribution in [0.4, 0.5) is 11.6 Å². The molecular weight excluding hydrogens is 266 g/mol. The van der Waals surface area contributed by atoms with E-state index in [0.717, 1.165) is 5.82 Å². The Morgan fingerprint density at radius 1 is 1.38 bits per heavy atom. The molecule has 0 amide bonds. The number of nitrogens with zero attached hydrogens (tertiary/aromatic N) is 3. The molecule has 1 saturated carbocycles. The highest BCUT2D eigenvalue weighted by Crippen LogP contribution is 2.30. The number of nitrogens with one attached hydrogen (secondary N) is 1. The summed E-state index contributed by atoms with van der Waals surface area (Å²) in [6.45, 7) is 5.34. The van der Waals surface area contributed by atoms with Crippen molar-refractivity contribution >= 4 is 11.6 Å². The van der Waals surface area contributed by atoms with Gasteiger partial charge in [0.05, 0.1) is 0 Å². The van der Waals surface area contributed by atoms with E-state index in [1.165, 1.54) is 25.7 Å². The van der Waals surface area contributed by atoms with Crippen LogP contribution in [0, 0.1) is 5.92 Å². The largest absolute Gasteiger partial charge is 0.374 e. The van der Waals surface area contributed by atoms with Crippen molar-refractivity contribution in [3.05, 3.63) is 11.9 Å². The lowest BCUT2D eigenvalue weighted by molar-refractivity contribution is 0.128. The van der Waals surface area contributed by atoms with E-state index in [9.17, 15) is 0 Å². The first kappa shape index (κ1) is 16.0. The highest BCUT2D eigenvalue weighted by molar-refractivity contribution is 5.49. The van der Waals surface area contributed by atoms with Crippen LogP contribution in [0.2, 0.25) is 0 Å². The summed E-state index contributed by atoms with van der Waals surface area (Å²) >= 11 is 0. The van der Waals surface area contributed by atoms with Crippen LogP contribution >= 0.6 is 0 Å². The van der Waals surface area contributed by atoms with Gasteiger partial charge >= 0.3 is 0 Å². The Morgan fingerprint density at radius 3 is 2.81 bits per heavy atom. The van der Waals surface area contributed by atoms with Crippen molar-refractivity contribution in [2.75, 3.05) is 24.0 Å². The van der Waals surface area contributed by atoms with Gasteiger partial charge < -0.3 is 15.1 Å². The first-order valence-electron chi connectivity index (χ1n) is 7.80. The molecule has 2 unspecified atom stereocenters. The van der Waals surface area contributed by atoms with Crippen molar-refractivity contribution in [2.45, 2.75) is 52.2 Å². The van der Waals surface area contributed by atoms with Gasteiger partial charge in [-0.25, -0.2) is 15.8 Å². The highest BCUT2D eigenvalue weighted by atomic mass is 16.5. The van der Waals surface area contributed by atoms with Crippen molar-refractivity contribution < 1.29 is 4.74 Å². The zero-order chi connectivity index (χ0) is 15.2. The minimum Gasteiger partial charge on any atom is -0.374 e. The van der Waals surface area contributed by atoms with E-state index in [1.807, 2.05) is 13.0 Å². The van der Waals surface area contributed by atoms with Crippen LogP contribution in [0.25, 0.3) is 0 Å². The van der Waals surface area contributed by atoms with Crippen LogP contribution in [0.1, 0.15) is 45.4 Å². The highest BCUT2D eigenvalue weighted by Gasteiger charge is 2.26. The summed E-state index contributed by atoms with van der Waals surface area (Å²) in [5.74, 6) is 8.41. The van der Waals surface area contributed by atoms with Crippen molar-refractivity contribution in [3.63, 3.8) is 0 Å². The Balaban J connectivity index is 2.19. The van der Waals surface area contributed by atoms with Crippen molar-refractivity contribution in [1.29, 1.82) is 0 Å². The predicted octanol–water partition coefficient (Wildman–Crippen LogP) is 2.31. The van der Waals surface area contributed by atoms with Crippen molar-refractivity contribution in [2.24, 2.45) is 11.8 Å². The number of rotatable bonds is 6. The third-order valence-electron chi connectivity index (χ3n) is 4.27. The monoisotopic (exact) mass is 293 g/mol. The molecule has 0 aliphatic heterocycles. The summed E-state index contributed by atoms with van der Waals surface area (Å²) in [6.07, 6.45) is 5.13. The van der Waals surface area contributed by atoms with Gasteiger partial charge in [-0.05, 0) is 25.7 Å². The summed E-state index contributed by atoms with van der Waals surface area (Å²) < 4.78 is 5.41. The van der Waals surface area contributed by atoms with Gasteiger partial charge in [-0.2, -0.15) is 0 Å². The molecule has 6 nitrogen and oxygen atoms in total. The molecule has 0 aromatic carbocycles. The van der Waals surface area contributed by atoms with Gasteiger partial charge in [0.1, 0.15) is 18.2 Å². The minimum absolute atomic E-state index is 0.410. The first-order chi connectivity index (χ1) is 10.2. The topological polar surface area (TPSA) is 76.3 Å². The number of hydrogen-bond donors (Lipinski definition) is 2. The third-order valence-corrected chi connectivity index (χ3v) is 4.27. The Kier molecular flexibility index (Phi) is 5.76. The molecule has 118 valence electrons. The number of aromatic nitrogens is 2. The Labute approximate surface area is 127 Å². The van der Waals surface area contributed by atoms with Crippen molar-refractivity contribution in [1.82, 2.24) is 9.97 Å². The fraction of sp³-hybridized carbons (Fsp3) is 0.733. The van der Waals surface area contributed by atoms with Gasteiger partial charge in [-0.15, -0.1) is 0 Å². The van der Waals surface area contributed by atoms with E-state index in [0.29, 0.717) is 36.8 Å². The van der Waals surface area contributed by atoms with Crippen LogP contribution < -0.4 is 16.2 Å². The number of nitrogen functional groups attached to an aromatic ring is 1. The van der Waals surface area contributed by atoms with Gasteiger partial charge in [-0.1, -0.05) is 19.8 Å². The van der Waals surface area contributed by atoms with E-state index in [2.05, 4.69) is 34.3 Å². The van der Waals surface area contributed by atoms with E-state index in [1.54, 1.807) is 0 Å². The van der Waals surface area contributed by atoms with E-state index >= 15 is 0 Å². The summed E-state index contributed by atoms with van der Waals surface area (Å²) in [7, 11) is 2.11. The van der Waals surface area contributed by atoms with E-state index in [-0.39, 0.29) is 0 Å². The number of nitrogens with two attached hydrogens (primary N) is 1. The fourth-order valence-electron chi connectivity index (χ4n) is 3.04. The van der Waals surface area contributed by atoms with Gasteiger partial charge in [0, 0.05) is 25.8 Å². The number of hydrazine groups is 1. The molecule has 21 heavy (non-hydrogen) atoms. The Morgan fingerprint density at radius 2 is 2.14 bits per heavy atom. The standard InChI is InChI=1S/C15H27N5O/c1-4-21-10-14-17-13(19-16)9-15(18-14)20(3)12-8-6-5-7-11(12)2/h9,11-12H,4-8,10,16H2,1-3H3,(H,17,18,19). The summed E-state index contributed by atoms with van der Waals surface area (Å²) in [5, 5.41) is 0. The van der Waals surface area contributed by atoms with Crippen LogP contribution in [0.15, 0.2) is 6.07 Å². The molecule has 1 aliphatic rings. The maximum absolute atomic E-state index is 5.52. The fourth-order valence-corrected chi connectivity index (χ4v) is 3.04. The van der Waals surface area contributed by atoms with E-state index < -0.39 is 0 Å². The number of ether oxygens (including phenoxy) is 1.